The molecule has 1 amide bonds. The van der Waals surface area contributed by atoms with Gasteiger partial charge in [-0.05, 0) is 23.8 Å². The number of hydrogen-bond acceptors (Lipinski definition) is 6. The Morgan fingerprint density at radius 1 is 1.00 bits per heavy atom. The molecule has 0 aliphatic carbocycles. The van der Waals surface area contributed by atoms with Gasteiger partial charge in [-0.2, -0.15) is 0 Å². The predicted molar refractivity (Wildman–Crippen MR) is 92.7 cm³/mol. The molecule has 7 heteroatoms. The van der Waals surface area contributed by atoms with Crippen molar-refractivity contribution < 1.29 is 24.1 Å². The van der Waals surface area contributed by atoms with E-state index in [0.29, 0.717) is 28.5 Å². The van der Waals surface area contributed by atoms with Crippen molar-refractivity contribution in [3.8, 4) is 23.0 Å². The van der Waals surface area contributed by atoms with Gasteiger partial charge in [0.2, 0.25) is 0 Å². The van der Waals surface area contributed by atoms with Crippen molar-refractivity contribution in [1.29, 1.82) is 0 Å². The van der Waals surface area contributed by atoms with E-state index in [1.54, 1.807) is 43.3 Å². The number of fused-ring (bicyclic) bond motifs is 1. The molecule has 1 aliphatic heterocycles. The minimum Gasteiger partial charge on any atom is -0.504 e. The van der Waals surface area contributed by atoms with Crippen LogP contribution in [-0.4, -0.2) is 44.3 Å². The summed E-state index contributed by atoms with van der Waals surface area (Å²) >= 11 is 0. The molecule has 3 rings (SSSR count). The molecule has 0 fully saturated rings. The zero-order chi connectivity index (χ0) is 18.1. The summed E-state index contributed by atoms with van der Waals surface area (Å²) in [7, 11) is 6.26. The van der Waals surface area contributed by atoms with E-state index in [1.165, 1.54) is 20.3 Å². The Kier molecular flexibility index (Phi) is 4.31. The molecule has 0 radical (unpaired) electrons. The van der Waals surface area contributed by atoms with Gasteiger partial charge in [0.15, 0.2) is 23.0 Å². The SMILES string of the molecule is COc1cc([C@@H]2Nc3cc(OC)c(OC)cc3C(=O)N2C)ccc1O. The fourth-order valence-corrected chi connectivity index (χ4v) is 2.90. The standard InChI is InChI=1S/C18H20N2O5/c1-20-17(10-5-6-13(21)14(7-10)23-2)19-12-9-16(25-4)15(24-3)8-11(12)18(20)22/h5-9,17,19,21H,1-4H3/t17-/m1/s1. The normalized spacial score (nSPS) is 16.1. The average molecular weight is 344 g/mol. The van der Waals surface area contributed by atoms with E-state index < -0.39 is 6.17 Å². The first-order chi connectivity index (χ1) is 12.0. The molecule has 2 aromatic rings. The maximum Gasteiger partial charge on any atom is 0.257 e. The third-order valence-electron chi connectivity index (χ3n) is 4.27. The van der Waals surface area contributed by atoms with E-state index in [4.69, 9.17) is 14.2 Å². The highest BCUT2D eigenvalue weighted by Crippen LogP contribution is 2.40. The lowest BCUT2D eigenvalue weighted by atomic mass is 10.0. The number of phenols is 1. The largest absolute Gasteiger partial charge is 0.504 e. The summed E-state index contributed by atoms with van der Waals surface area (Å²) in [5.74, 6) is 1.27. The van der Waals surface area contributed by atoms with Crippen LogP contribution >= 0.6 is 0 Å². The predicted octanol–water partition coefficient (Wildman–Crippen LogP) is 2.61. The van der Waals surface area contributed by atoms with Gasteiger partial charge < -0.3 is 29.5 Å². The average Bonchev–Trinajstić information content (AvgIpc) is 2.64. The van der Waals surface area contributed by atoms with E-state index in [-0.39, 0.29) is 11.7 Å². The van der Waals surface area contributed by atoms with E-state index in [9.17, 15) is 9.90 Å². The number of carbonyl (C=O) groups excluding carboxylic acids is 1. The van der Waals surface area contributed by atoms with E-state index >= 15 is 0 Å². The van der Waals surface area contributed by atoms with Crippen molar-refractivity contribution >= 4 is 11.6 Å². The Balaban J connectivity index is 2.05. The number of nitrogens with one attached hydrogen (secondary N) is 1. The Labute approximate surface area is 145 Å². The number of carbonyl (C=O) groups is 1. The summed E-state index contributed by atoms with van der Waals surface area (Å²) in [4.78, 5) is 14.4. The van der Waals surface area contributed by atoms with Crippen molar-refractivity contribution in [3.63, 3.8) is 0 Å². The molecule has 2 N–H and O–H groups in total. The summed E-state index contributed by atoms with van der Waals surface area (Å²) in [5.41, 5.74) is 1.94. The first-order valence-corrected chi connectivity index (χ1v) is 7.66. The molecule has 132 valence electrons. The summed E-state index contributed by atoms with van der Waals surface area (Å²) < 4.78 is 15.7. The van der Waals surface area contributed by atoms with Crippen LogP contribution < -0.4 is 19.5 Å². The number of nitrogens with zero attached hydrogens (tertiary/aromatic N) is 1. The third kappa shape index (κ3) is 2.77. The highest BCUT2D eigenvalue weighted by molar-refractivity contribution is 6.02. The van der Waals surface area contributed by atoms with Crippen LogP contribution in [0.25, 0.3) is 0 Å². The number of benzene rings is 2. The van der Waals surface area contributed by atoms with Gasteiger partial charge in [-0.15, -0.1) is 0 Å². The van der Waals surface area contributed by atoms with Crippen molar-refractivity contribution in [2.75, 3.05) is 33.7 Å². The van der Waals surface area contributed by atoms with Crippen LogP contribution in [-0.2, 0) is 0 Å². The lowest BCUT2D eigenvalue weighted by molar-refractivity contribution is 0.0734. The minimum atomic E-state index is -0.410. The Hall–Kier alpha value is -3.09. The zero-order valence-corrected chi connectivity index (χ0v) is 14.5. The molecular weight excluding hydrogens is 324 g/mol. The Bertz CT molecular complexity index is 821. The fourth-order valence-electron chi connectivity index (χ4n) is 2.90. The van der Waals surface area contributed by atoms with Gasteiger partial charge in [-0.25, -0.2) is 0 Å². The summed E-state index contributed by atoms with van der Waals surface area (Å²) in [6.07, 6.45) is -0.410. The molecule has 7 nitrogen and oxygen atoms in total. The van der Waals surface area contributed by atoms with E-state index in [2.05, 4.69) is 5.32 Å². The number of anilines is 1. The topological polar surface area (TPSA) is 80.3 Å². The first kappa shape index (κ1) is 16.8. The smallest absolute Gasteiger partial charge is 0.257 e. The van der Waals surface area contributed by atoms with Gasteiger partial charge in [0.25, 0.3) is 5.91 Å². The minimum absolute atomic E-state index is 0.0443. The maximum absolute atomic E-state index is 12.8. The van der Waals surface area contributed by atoms with Gasteiger partial charge >= 0.3 is 0 Å². The lowest BCUT2D eigenvalue weighted by Crippen LogP contribution is -2.40. The van der Waals surface area contributed by atoms with Crippen molar-refractivity contribution in [2.45, 2.75) is 6.17 Å². The molecule has 0 bridgehead atoms. The number of hydrogen-bond donors (Lipinski definition) is 2. The molecule has 0 spiro atoms. The van der Waals surface area contributed by atoms with Gasteiger partial charge in [0.05, 0.1) is 32.6 Å². The molecule has 1 heterocycles. The molecular formula is C18H20N2O5. The van der Waals surface area contributed by atoms with Crippen molar-refractivity contribution in [2.24, 2.45) is 0 Å². The van der Waals surface area contributed by atoms with Gasteiger partial charge in [-0.3, -0.25) is 4.79 Å². The van der Waals surface area contributed by atoms with Gasteiger partial charge in [0, 0.05) is 13.1 Å². The highest BCUT2D eigenvalue weighted by Gasteiger charge is 2.32. The maximum atomic E-state index is 12.8. The Morgan fingerprint density at radius 3 is 2.28 bits per heavy atom. The number of phenolic OH excluding ortho intramolecular Hbond substituents is 1. The van der Waals surface area contributed by atoms with Gasteiger partial charge in [-0.1, -0.05) is 6.07 Å². The summed E-state index contributed by atoms with van der Waals surface area (Å²) in [5, 5.41) is 13.1. The monoisotopic (exact) mass is 344 g/mol. The number of rotatable bonds is 4. The van der Waals surface area contributed by atoms with Crippen LogP contribution in [0.1, 0.15) is 22.1 Å². The molecule has 2 aromatic carbocycles. The van der Waals surface area contributed by atoms with Crippen LogP contribution in [0.5, 0.6) is 23.0 Å². The van der Waals surface area contributed by atoms with Crippen LogP contribution in [0.2, 0.25) is 0 Å². The summed E-state index contributed by atoms with van der Waals surface area (Å²) in [6, 6.07) is 8.38. The number of aromatic hydroxyl groups is 1. The molecule has 25 heavy (non-hydrogen) atoms. The second-order valence-corrected chi connectivity index (χ2v) is 5.65. The first-order valence-electron chi connectivity index (χ1n) is 7.66. The second-order valence-electron chi connectivity index (χ2n) is 5.65. The van der Waals surface area contributed by atoms with Crippen molar-refractivity contribution in [1.82, 2.24) is 4.90 Å². The quantitative estimate of drug-likeness (QED) is 0.887. The summed E-state index contributed by atoms with van der Waals surface area (Å²) in [6.45, 7) is 0. The number of methoxy groups -OCH3 is 3. The fraction of sp³-hybridized carbons (Fsp3) is 0.278. The molecule has 1 aliphatic rings. The highest BCUT2D eigenvalue weighted by atomic mass is 16.5. The van der Waals surface area contributed by atoms with Crippen LogP contribution in [0, 0.1) is 0 Å². The zero-order valence-electron chi connectivity index (χ0n) is 14.5. The van der Waals surface area contributed by atoms with Crippen molar-refractivity contribution in [3.05, 3.63) is 41.5 Å². The number of amides is 1. The number of ether oxygens (including phenoxy) is 3. The molecule has 0 saturated carbocycles. The lowest BCUT2D eigenvalue weighted by Gasteiger charge is -2.36. The van der Waals surface area contributed by atoms with Crippen LogP contribution in [0.4, 0.5) is 5.69 Å². The molecule has 0 unspecified atom stereocenters. The molecule has 0 aromatic heterocycles. The van der Waals surface area contributed by atoms with Gasteiger partial charge in [0.1, 0.15) is 6.17 Å². The third-order valence-corrected chi connectivity index (χ3v) is 4.27. The Morgan fingerprint density at radius 2 is 1.64 bits per heavy atom. The van der Waals surface area contributed by atoms with Crippen LogP contribution in [0.15, 0.2) is 30.3 Å². The molecule has 0 saturated heterocycles. The van der Waals surface area contributed by atoms with E-state index in [1.807, 2.05) is 0 Å². The molecule has 1 atom stereocenters. The van der Waals surface area contributed by atoms with Crippen LogP contribution in [0.3, 0.4) is 0 Å². The second kappa shape index (κ2) is 6.43. The van der Waals surface area contributed by atoms with E-state index in [0.717, 1.165) is 5.56 Å².